The predicted octanol–water partition coefficient (Wildman–Crippen LogP) is 1.95. The molecule has 2 bridgehead atoms. The number of ether oxygens (including phenoxy) is 1. The van der Waals surface area contributed by atoms with E-state index in [9.17, 15) is 4.79 Å². The van der Waals surface area contributed by atoms with Gasteiger partial charge in [0.2, 0.25) is 0 Å². The van der Waals surface area contributed by atoms with Crippen LogP contribution < -0.4 is 0 Å². The lowest BCUT2D eigenvalue weighted by Crippen LogP contribution is -2.41. The molecule has 16 heavy (non-hydrogen) atoms. The Kier molecular flexibility index (Phi) is 2.48. The first-order valence-electron chi connectivity index (χ1n) is 5.40. The fraction of sp³-hybridized carbons (Fsp3) is 0.417. The number of rotatable bonds is 2. The number of nitrogens with zero attached hydrogens (tertiary/aromatic N) is 1. The topological polar surface area (TPSA) is 29.5 Å². The van der Waals surface area contributed by atoms with Crippen LogP contribution >= 0.6 is 15.9 Å². The highest BCUT2D eigenvalue weighted by Gasteiger charge is 2.45. The summed E-state index contributed by atoms with van der Waals surface area (Å²) >= 11 is 3.44. The number of carbonyl (C=O) groups is 1. The third-order valence-corrected chi connectivity index (χ3v) is 3.71. The van der Waals surface area contributed by atoms with Crippen molar-refractivity contribution >= 4 is 21.8 Å². The maximum Gasteiger partial charge on any atom is 0.252 e. The van der Waals surface area contributed by atoms with Gasteiger partial charge in [-0.3, -0.25) is 4.79 Å². The van der Waals surface area contributed by atoms with E-state index in [2.05, 4.69) is 22.0 Å². The van der Waals surface area contributed by atoms with Crippen LogP contribution in [0.4, 0.5) is 0 Å². The van der Waals surface area contributed by atoms with Crippen molar-refractivity contribution in [3.63, 3.8) is 0 Å². The number of carbonyl (C=O) groups excluding carboxylic acids is 1. The molecule has 0 spiro atoms. The number of benzene rings is 1. The van der Waals surface area contributed by atoms with Gasteiger partial charge in [-0.15, -0.1) is 0 Å². The summed E-state index contributed by atoms with van der Waals surface area (Å²) in [6, 6.07) is 8.38. The van der Waals surface area contributed by atoms with Crippen LogP contribution in [0, 0.1) is 0 Å². The summed E-state index contributed by atoms with van der Waals surface area (Å²) in [5.41, 5.74) is 1.16. The molecule has 1 aromatic rings. The first-order valence-corrected chi connectivity index (χ1v) is 6.20. The molecule has 4 heteroatoms. The molecule has 84 valence electrons. The van der Waals surface area contributed by atoms with Crippen molar-refractivity contribution in [1.29, 1.82) is 0 Å². The van der Waals surface area contributed by atoms with Crippen LogP contribution in [-0.4, -0.2) is 29.6 Å². The molecule has 0 radical (unpaired) electrons. The van der Waals surface area contributed by atoms with Gasteiger partial charge in [-0.05, 0) is 17.7 Å². The quantitative estimate of drug-likeness (QED) is 0.829. The van der Waals surface area contributed by atoms with Crippen molar-refractivity contribution in [2.45, 2.75) is 25.1 Å². The first-order chi connectivity index (χ1) is 7.74. The second-order valence-electron chi connectivity index (χ2n) is 4.31. The fourth-order valence-corrected chi connectivity index (χ4v) is 2.85. The first kappa shape index (κ1) is 10.3. The Morgan fingerprint density at radius 1 is 1.50 bits per heavy atom. The van der Waals surface area contributed by atoms with Gasteiger partial charge in [-0.1, -0.05) is 28.1 Å². The van der Waals surface area contributed by atoms with E-state index in [0.717, 1.165) is 16.5 Å². The Morgan fingerprint density at radius 3 is 3.06 bits per heavy atom. The third kappa shape index (κ3) is 1.66. The van der Waals surface area contributed by atoms with E-state index >= 15 is 0 Å². The largest absolute Gasteiger partial charge is 0.366 e. The zero-order chi connectivity index (χ0) is 11.1. The molecule has 3 rings (SSSR count). The van der Waals surface area contributed by atoms with Crippen LogP contribution in [0.5, 0.6) is 0 Å². The number of amides is 1. The number of hydrogen-bond acceptors (Lipinski definition) is 2. The fourth-order valence-electron chi connectivity index (χ4n) is 2.40. The molecule has 1 aromatic carbocycles. The molecule has 1 amide bonds. The second-order valence-corrected chi connectivity index (χ2v) is 5.22. The molecule has 0 aromatic heterocycles. The van der Waals surface area contributed by atoms with Crippen LogP contribution in [0.25, 0.3) is 0 Å². The van der Waals surface area contributed by atoms with Gasteiger partial charge in [0.05, 0.1) is 12.6 Å². The van der Waals surface area contributed by atoms with E-state index in [1.165, 1.54) is 0 Å². The van der Waals surface area contributed by atoms with Gasteiger partial charge in [0.15, 0.2) is 0 Å². The van der Waals surface area contributed by atoms with Crippen molar-refractivity contribution in [3.05, 3.63) is 34.3 Å². The van der Waals surface area contributed by atoms with Gasteiger partial charge in [-0.2, -0.15) is 0 Å². The lowest BCUT2D eigenvalue weighted by atomic mass is 10.2. The van der Waals surface area contributed by atoms with Gasteiger partial charge >= 0.3 is 0 Å². The Morgan fingerprint density at radius 2 is 2.38 bits per heavy atom. The predicted molar refractivity (Wildman–Crippen MR) is 62.8 cm³/mol. The van der Waals surface area contributed by atoms with Gasteiger partial charge in [0, 0.05) is 17.4 Å². The van der Waals surface area contributed by atoms with E-state index in [4.69, 9.17) is 4.74 Å². The van der Waals surface area contributed by atoms with Crippen molar-refractivity contribution in [2.75, 3.05) is 6.61 Å². The standard InChI is InChI=1S/C12H12BrNO2/c13-9-3-1-2-8(4-9)6-14-10-5-11(12(14)15)16-7-10/h1-4,10-11H,5-7H2. The highest BCUT2D eigenvalue weighted by atomic mass is 79.9. The summed E-state index contributed by atoms with van der Waals surface area (Å²) in [6.07, 6.45) is 0.699. The molecule has 0 saturated carbocycles. The maximum atomic E-state index is 11.8. The molecule has 2 unspecified atom stereocenters. The van der Waals surface area contributed by atoms with Crippen molar-refractivity contribution in [2.24, 2.45) is 0 Å². The lowest BCUT2D eigenvalue weighted by Gasteiger charge is -2.26. The van der Waals surface area contributed by atoms with Gasteiger partial charge in [-0.25, -0.2) is 0 Å². The minimum Gasteiger partial charge on any atom is -0.366 e. The molecular formula is C12H12BrNO2. The number of fused-ring (bicyclic) bond motifs is 2. The second kappa shape index (κ2) is 3.86. The highest BCUT2D eigenvalue weighted by Crippen LogP contribution is 2.30. The monoisotopic (exact) mass is 281 g/mol. The molecule has 2 aliphatic rings. The zero-order valence-electron chi connectivity index (χ0n) is 8.73. The number of likely N-dealkylation sites (tertiary alicyclic amines) is 1. The summed E-state index contributed by atoms with van der Waals surface area (Å²) in [5.74, 6) is 0.149. The average Bonchev–Trinajstić information content (AvgIpc) is 2.82. The van der Waals surface area contributed by atoms with Gasteiger partial charge in [0.1, 0.15) is 6.10 Å². The molecule has 3 nitrogen and oxygen atoms in total. The maximum absolute atomic E-state index is 11.8. The summed E-state index contributed by atoms with van der Waals surface area (Å²) in [4.78, 5) is 13.8. The van der Waals surface area contributed by atoms with E-state index in [1.807, 2.05) is 23.1 Å². The van der Waals surface area contributed by atoms with E-state index in [0.29, 0.717) is 13.2 Å². The van der Waals surface area contributed by atoms with Crippen molar-refractivity contribution < 1.29 is 9.53 Å². The van der Waals surface area contributed by atoms with E-state index in [-0.39, 0.29) is 18.1 Å². The third-order valence-electron chi connectivity index (χ3n) is 3.22. The molecular weight excluding hydrogens is 270 g/mol. The van der Waals surface area contributed by atoms with E-state index in [1.54, 1.807) is 0 Å². The zero-order valence-corrected chi connectivity index (χ0v) is 10.3. The molecule has 2 aliphatic heterocycles. The Labute approximate surface area is 103 Å². The Hall–Kier alpha value is -0.870. The minimum atomic E-state index is -0.169. The van der Waals surface area contributed by atoms with Crippen LogP contribution in [0.1, 0.15) is 12.0 Å². The highest BCUT2D eigenvalue weighted by molar-refractivity contribution is 9.10. The van der Waals surface area contributed by atoms with Crippen LogP contribution in [0.3, 0.4) is 0 Å². The summed E-state index contributed by atoms with van der Waals surface area (Å²) in [5, 5.41) is 0. The normalized spacial score (nSPS) is 27.8. The van der Waals surface area contributed by atoms with E-state index < -0.39 is 0 Å². The summed E-state index contributed by atoms with van der Waals surface area (Å²) in [6.45, 7) is 1.40. The van der Waals surface area contributed by atoms with Crippen LogP contribution in [0.15, 0.2) is 28.7 Å². The summed E-state index contributed by atoms with van der Waals surface area (Å²) in [7, 11) is 0. The minimum absolute atomic E-state index is 0.149. The molecule has 0 aliphatic carbocycles. The van der Waals surface area contributed by atoms with Crippen LogP contribution in [-0.2, 0) is 16.1 Å². The lowest BCUT2D eigenvalue weighted by molar-refractivity contribution is -0.144. The molecule has 2 fully saturated rings. The van der Waals surface area contributed by atoms with Crippen molar-refractivity contribution in [3.8, 4) is 0 Å². The number of morpholine rings is 1. The van der Waals surface area contributed by atoms with Gasteiger partial charge in [0.25, 0.3) is 5.91 Å². The number of hydrogen-bond donors (Lipinski definition) is 0. The van der Waals surface area contributed by atoms with Crippen LogP contribution in [0.2, 0.25) is 0 Å². The SMILES string of the molecule is O=C1C2CC(CO2)N1Cc1cccc(Br)c1. The molecule has 2 saturated heterocycles. The number of halogens is 1. The molecule has 2 heterocycles. The Bertz CT molecular complexity index is 435. The molecule has 0 N–H and O–H groups in total. The molecule has 2 atom stereocenters. The summed E-state index contributed by atoms with van der Waals surface area (Å²) < 4.78 is 6.41. The smallest absolute Gasteiger partial charge is 0.252 e. The van der Waals surface area contributed by atoms with Crippen molar-refractivity contribution in [1.82, 2.24) is 4.90 Å². The Balaban J connectivity index is 1.78. The van der Waals surface area contributed by atoms with Gasteiger partial charge < -0.3 is 9.64 Å². The average molecular weight is 282 g/mol.